The minimum Gasteiger partial charge on any atom is -0.369 e. The van der Waals surface area contributed by atoms with Gasteiger partial charge in [0, 0.05) is 19.2 Å². The van der Waals surface area contributed by atoms with Gasteiger partial charge in [0.1, 0.15) is 11.5 Å². The Hall–Kier alpha value is -3.81. The predicted octanol–water partition coefficient (Wildman–Crippen LogP) is 2.53. The van der Waals surface area contributed by atoms with Crippen LogP contribution in [0, 0.1) is 11.2 Å². The number of carbonyl (C=O) groups is 2. The van der Waals surface area contributed by atoms with Crippen LogP contribution in [-0.4, -0.2) is 40.0 Å². The smallest absolute Gasteiger partial charge is 0.274 e. The SMILES string of the molecule is NC(=O)[C@]1(Cc2cccc(-c3cccc(F)c3)c2)CCCN(C(=O)c2ccc(=O)[nH]n2)C1. The summed E-state index contributed by atoms with van der Waals surface area (Å²) in [7, 11) is 0. The molecule has 1 fully saturated rings. The van der Waals surface area contributed by atoms with Crippen molar-refractivity contribution in [1.82, 2.24) is 15.1 Å². The molecule has 1 saturated heterocycles. The molecule has 1 aliphatic heterocycles. The first-order chi connectivity index (χ1) is 15.4. The van der Waals surface area contributed by atoms with Crippen LogP contribution in [0.3, 0.4) is 0 Å². The molecule has 3 N–H and O–H groups in total. The van der Waals surface area contributed by atoms with Crippen LogP contribution in [0.1, 0.15) is 28.9 Å². The minimum atomic E-state index is -0.934. The van der Waals surface area contributed by atoms with Crippen LogP contribution in [0.25, 0.3) is 11.1 Å². The third-order valence-corrected chi connectivity index (χ3v) is 5.91. The number of amides is 2. The van der Waals surface area contributed by atoms with Gasteiger partial charge in [-0.05, 0) is 54.2 Å². The highest BCUT2D eigenvalue weighted by atomic mass is 19.1. The molecule has 4 rings (SSSR count). The van der Waals surface area contributed by atoms with E-state index in [2.05, 4.69) is 10.2 Å². The number of piperidine rings is 1. The Kier molecular flexibility index (Phi) is 5.85. The molecule has 3 aromatic rings. The number of benzene rings is 2. The van der Waals surface area contributed by atoms with Crippen LogP contribution in [0.4, 0.5) is 4.39 Å². The van der Waals surface area contributed by atoms with Crippen molar-refractivity contribution < 1.29 is 14.0 Å². The van der Waals surface area contributed by atoms with Crippen LogP contribution >= 0.6 is 0 Å². The predicted molar refractivity (Wildman–Crippen MR) is 117 cm³/mol. The Morgan fingerprint density at radius 3 is 2.53 bits per heavy atom. The molecule has 0 saturated carbocycles. The van der Waals surface area contributed by atoms with Gasteiger partial charge in [0.25, 0.3) is 11.5 Å². The van der Waals surface area contributed by atoms with Gasteiger partial charge >= 0.3 is 0 Å². The summed E-state index contributed by atoms with van der Waals surface area (Å²) >= 11 is 0. The van der Waals surface area contributed by atoms with Gasteiger partial charge in [-0.2, -0.15) is 5.10 Å². The zero-order chi connectivity index (χ0) is 22.7. The summed E-state index contributed by atoms with van der Waals surface area (Å²) in [5.41, 5.74) is 7.08. The number of aromatic nitrogens is 2. The van der Waals surface area contributed by atoms with Crippen molar-refractivity contribution in [3.8, 4) is 11.1 Å². The lowest BCUT2D eigenvalue weighted by molar-refractivity contribution is -0.130. The average Bonchev–Trinajstić information content (AvgIpc) is 2.79. The standard InChI is InChI=1S/C24H23FN4O3/c25-19-7-2-6-18(13-19)17-5-1-4-16(12-17)14-24(23(26)32)10-3-11-29(15-24)22(31)20-8-9-21(30)28-27-20/h1-2,4-9,12-13H,3,10-11,14-15H2,(H2,26,32)(H,28,30)/t24-/m0/s1. The lowest BCUT2D eigenvalue weighted by atomic mass is 9.74. The number of hydrogen-bond donors (Lipinski definition) is 2. The molecule has 2 amide bonds. The van der Waals surface area contributed by atoms with E-state index in [0.717, 1.165) is 16.7 Å². The van der Waals surface area contributed by atoms with Gasteiger partial charge in [0.15, 0.2) is 0 Å². The maximum absolute atomic E-state index is 13.7. The summed E-state index contributed by atoms with van der Waals surface area (Å²) < 4.78 is 13.7. The van der Waals surface area contributed by atoms with Crippen LogP contribution < -0.4 is 11.3 Å². The van der Waals surface area contributed by atoms with E-state index in [1.807, 2.05) is 30.3 Å². The fourth-order valence-corrected chi connectivity index (χ4v) is 4.28. The van der Waals surface area contributed by atoms with Gasteiger partial charge in [0.05, 0.1) is 5.41 Å². The first-order valence-corrected chi connectivity index (χ1v) is 10.4. The van der Waals surface area contributed by atoms with Gasteiger partial charge in [-0.1, -0.05) is 36.4 Å². The molecule has 0 radical (unpaired) electrons. The fraction of sp³-hybridized carbons (Fsp3) is 0.250. The molecule has 32 heavy (non-hydrogen) atoms. The number of likely N-dealkylation sites (tertiary alicyclic amines) is 1. The number of rotatable bonds is 5. The minimum absolute atomic E-state index is 0.109. The maximum Gasteiger partial charge on any atom is 0.274 e. The molecule has 1 atom stereocenters. The van der Waals surface area contributed by atoms with E-state index in [4.69, 9.17) is 5.73 Å². The second-order valence-corrected chi connectivity index (χ2v) is 8.17. The Morgan fingerprint density at radius 2 is 1.84 bits per heavy atom. The Morgan fingerprint density at radius 1 is 1.09 bits per heavy atom. The highest BCUT2D eigenvalue weighted by Crippen LogP contribution is 2.35. The maximum atomic E-state index is 13.7. The largest absolute Gasteiger partial charge is 0.369 e. The average molecular weight is 434 g/mol. The third-order valence-electron chi connectivity index (χ3n) is 5.91. The lowest BCUT2D eigenvalue weighted by Gasteiger charge is -2.40. The van der Waals surface area contributed by atoms with E-state index < -0.39 is 16.9 Å². The number of H-pyrrole nitrogens is 1. The van der Waals surface area contributed by atoms with E-state index >= 15 is 0 Å². The van der Waals surface area contributed by atoms with E-state index in [0.29, 0.717) is 25.8 Å². The Labute approximate surface area is 184 Å². The first kappa shape index (κ1) is 21.4. The fourth-order valence-electron chi connectivity index (χ4n) is 4.28. The highest BCUT2D eigenvalue weighted by Gasteiger charge is 2.42. The molecule has 164 valence electrons. The Balaban J connectivity index is 1.59. The van der Waals surface area contributed by atoms with Crippen LogP contribution in [0.2, 0.25) is 0 Å². The van der Waals surface area contributed by atoms with Crippen molar-refractivity contribution in [2.75, 3.05) is 13.1 Å². The van der Waals surface area contributed by atoms with E-state index in [-0.39, 0.29) is 24.0 Å². The highest BCUT2D eigenvalue weighted by molar-refractivity contribution is 5.93. The Bertz CT molecular complexity index is 1210. The number of nitrogens with two attached hydrogens (primary N) is 1. The molecule has 2 heterocycles. The second kappa shape index (κ2) is 8.74. The summed E-state index contributed by atoms with van der Waals surface area (Å²) in [6.45, 7) is 0.629. The van der Waals surface area contributed by atoms with Crippen LogP contribution in [-0.2, 0) is 11.2 Å². The lowest BCUT2D eigenvalue weighted by Crippen LogP contribution is -2.53. The molecule has 0 aliphatic carbocycles. The summed E-state index contributed by atoms with van der Waals surface area (Å²) in [5.74, 6) is -1.15. The van der Waals surface area contributed by atoms with E-state index in [1.54, 1.807) is 11.0 Å². The van der Waals surface area contributed by atoms with Gasteiger partial charge in [-0.15, -0.1) is 0 Å². The number of aromatic amines is 1. The number of nitrogens with one attached hydrogen (secondary N) is 1. The van der Waals surface area contributed by atoms with Gasteiger partial charge in [0.2, 0.25) is 5.91 Å². The topological polar surface area (TPSA) is 109 Å². The number of carbonyl (C=O) groups excluding carboxylic acids is 2. The second-order valence-electron chi connectivity index (χ2n) is 8.17. The summed E-state index contributed by atoms with van der Waals surface area (Å²) in [5, 5.41) is 6.06. The van der Waals surface area contributed by atoms with E-state index in [9.17, 15) is 18.8 Å². The van der Waals surface area contributed by atoms with Crippen LogP contribution in [0.15, 0.2) is 65.5 Å². The van der Waals surface area contributed by atoms with Crippen molar-refractivity contribution >= 4 is 11.8 Å². The van der Waals surface area contributed by atoms with Crippen molar-refractivity contribution in [2.24, 2.45) is 11.1 Å². The van der Waals surface area contributed by atoms with Gasteiger partial charge in [-0.3, -0.25) is 14.4 Å². The van der Waals surface area contributed by atoms with Crippen molar-refractivity contribution in [3.05, 3.63) is 88.1 Å². The van der Waals surface area contributed by atoms with Crippen molar-refractivity contribution in [2.45, 2.75) is 19.3 Å². The molecular formula is C24H23FN4O3. The van der Waals surface area contributed by atoms with Crippen molar-refractivity contribution in [1.29, 1.82) is 0 Å². The summed E-state index contributed by atoms with van der Waals surface area (Å²) in [6.07, 6.45) is 1.52. The monoisotopic (exact) mass is 434 g/mol. The third kappa shape index (κ3) is 4.44. The molecule has 0 spiro atoms. The zero-order valence-electron chi connectivity index (χ0n) is 17.4. The number of halogens is 1. The molecule has 1 aromatic heterocycles. The number of hydrogen-bond acceptors (Lipinski definition) is 4. The molecular weight excluding hydrogens is 411 g/mol. The molecule has 7 nitrogen and oxygen atoms in total. The molecule has 0 unspecified atom stereocenters. The summed E-state index contributed by atoms with van der Waals surface area (Å²) in [4.78, 5) is 38.3. The van der Waals surface area contributed by atoms with Gasteiger partial charge < -0.3 is 10.6 Å². The quantitative estimate of drug-likeness (QED) is 0.643. The summed E-state index contributed by atoms with van der Waals surface area (Å²) in [6, 6.07) is 16.5. The van der Waals surface area contributed by atoms with Crippen LogP contribution in [0.5, 0.6) is 0 Å². The molecule has 8 heteroatoms. The normalized spacial score (nSPS) is 18.3. The molecule has 1 aliphatic rings. The number of nitrogens with zero attached hydrogens (tertiary/aromatic N) is 2. The van der Waals surface area contributed by atoms with Crippen molar-refractivity contribution in [3.63, 3.8) is 0 Å². The van der Waals surface area contributed by atoms with Gasteiger partial charge in [-0.25, -0.2) is 9.49 Å². The molecule has 0 bridgehead atoms. The van der Waals surface area contributed by atoms with E-state index in [1.165, 1.54) is 24.3 Å². The molecule has 2 aromatic carbocycles. The first-order valence-electron chi connectivity index (χ1n) is 10.4. The number of primary amides is 1. The zero-order valence-corrected chi connectivity index (χ0v) is 17.4.